The Labute approximate surface area is 134 Å². The molecule has 8 heteroatoms. The Balaban J connectivity index is 2.10. The molecule has 1 aliphatic heterocycles. The summed E-state index contributed by atoms with van der Waals surface area (Å²) in [4.78, 5) is 13.9. The van der Waals surface area contributed by atoms with Gasteiger partial charge in [0.1, 0.15) is 0 Å². The van der Waals surface area contributed by atoms with Crippen LogP contribution in [0.4, 0.5) is 14.5 Å². The van der Waals surface area contributed by atoms with Gasteiger partial charge in [-0.25, -0.2) is 17.2 Å². The van der Waals surface area contributed by atoms with Gasteiger partial charge in [-0.05, 0) is 31.4 Å². The normalized spacial score (nSPS) is 15.5. The van der Waals surface area contributed by atoms with E-state index < -0.39 is 21.7 Å². The van der Waals surface area contributed by atoms with Crippen molar-refractivity contribution in [2.24, 2.45) is 0 Å². The number of carbonyl (C=O) groups is 1. The first-order chi connectivity index (χ1) is 10.8. The summed E-state index contributed by atoms with van der Waals surface area (Å²) in [5.74, 6) is -2.30. The van der Waals surface area contributed by atoms with E-state index in [4.69, 9.17) is 0 Å². The number of sulfonamides is 1. The van der Waals surface area contributed by atoms with Gasteiger partial charge in [-0.3, -0.25) is 9.10 Å². The third-order valence-electron chi connectivity index (χ3n) is 3.83. The SMILES string of the molecule is CS(=O)(=O)N(CCC(=O)N1CCCCC1)c1ccc(F)c(F)c1. The first kappa shape index (κ1) is 17.7. The number of hydrogen-bond acceptors (Lipinski definition) is 3. The summed E-state index contributed by atoms with van der Waals surface area (Å²) in [6.07, 6.45) is 3.97. The fourth-order valence-corrected chi connectivity index (χ4v) is 3.54. The average molecular weight is 346 g/mol. The van der Waals surface area contributed by atoms with Gasteiger partial charge >= 0.3 is 0 Å². The minimum atomic E-state index is -3.70. The predicted octanol–water partition coefficient (Wildman–Crippen LogP) is 2.13. The Morgan fingerprint density at radius 3 is 2.39 bits per heavy atom. The number of anilines is 1. The lowest BCUT2D eigenvalue weighted by Gasteiger charge is -2.28. The number of hydrogen-bond donors (Lipinski definition) is 0. The molecule has 23 heavy (non-hydrogen) atoms. The molecule has 0 aliphatic carbocycles. The summed E-state index contributed by atoms with van der Waals surface area (Å²) in [7, 11) is -3.70. The molecule has 0 N–H and O–H groups in total. The second kappa shape index (κ2) is 7.25. The van der Waals surface area contributed by atoms with Gasteiger partial charge < -0.3 is 4.90 Å². The maximum atomic E-state index is 13.3. The Kier molecular flexibility index (Phi) is 5.56. The van der Waals surface area contributed by atoms with Crippen molar-refractivity contribution in [3.05, 3.63) is 29.8 Å². The topological polar surface area (TPSA) is 57.7 Å². The first-order valence-corrected chi connectivity index (χ1v) is 9.34. The fraction of sp³-hybridized carbons (Fsp3) is 0.533. The number of carbonyl (C=O) groups excluding carboxylic acids is 1. The number of halogens is 2. The van der Waals surface area contributed by atoms with Crippen LogP contribution in [-0.4, -0.2) is 45.1 Å². The van der Waals surface area contributed by atoms with E-state index in [1.807, 2.05) is 0 Å². The molecule has 1 heterocycles. The number of rotatable bonds is 5. The first-order valence-electron chi connectivity index (χ1n) is 7.49. The van der Waals surface area contributed by atoms with Crippen molar-refractivity contribution < 1.29 is 22.0 Å². The largest absolute Gasteiger partial charge is 0.343 e. The molecule has 0 bridgehead atoms. The second-order valence-corrected chi connectivity index (χ2v) is 7.53. The minimum absolute atomic E-state index is 0.00602. The van der Waals surface area contributed by atoms with Gasteiger partial charge in [-0.15, -0.1) is 0 Å². The van der Waals surface area contributed by atoms with Crippen molar-refractivity contribution in [3.63, 3.8) is 0 Å². The van der Waals surface area contributed by atoms with Crippen LogP contribution < -0.4 is 4.31 Å². The number of benzene rings is 1. The average Bonchev–Trinajstić information content (AvgIpc) is 2.50. The zero-order valence-electron chi connectivity index (χ0n) is 13.0. The standard InChI is InChI=1S/C15H20F2N2O3S/c1-23(21,22)19(12-5-6-13(16)14(17)11-12)10-7-15(20)18-8-3-2-4-9-18/h5-6,11H,2-4,7-10H2,1H3. The smallest absolute Gasteiger partial charge is 0.232 e. The van der Waals surface area contributed by atoms with Crippen LogP contribution in [0, 0.1) is 11.6 Å². The van der Waals surface area contributed by atoms with Crippen LogP contribution in [0.15, 0.2) is 18.2 Å². The maximum absolute atomic E-state index is 13.3. The molecule has 1 aromatic rings. The Bertz CT molecular complexity index is 673. The van der Waals surface area contributed by atoms with Crippen molar-refractivity contribution in [1.82, 2.24) is 4.90 Å². The fourth-order valence-electron chi connectivity index (χ4n) is 2.63. The van der Waals surface area contributed by atoms with Crippen molar-refractivity contribution in [2.75, 3.05) is 30.2 Å². The lowest BCUT2D eigenvalue weighted by Crippen LogP contribution is -2.39. The Morgan fingerprint density at radius 2 is 1.83 bits per heavy atom. The van der Waals surface area contributed by atoms with Gasteiger partial charge in [-0.1, -0.05) is 0 Å². The number of likely N-dealkylation sites (tertiary alicyclic amines) is 1. The van der Waals surface area contributed by atoms with Crippen LogP contribution in [0.3, 0.4) is 0 Å². The third-order valence-corrected chi connectivity index (χ3v) is 5.02. The number of amides is 1. The van der Waals surface area contributed by atoms with Gasteiger partial charge in [0, 0.05) is 32.1 Å². The summed E-state index contributed by atoms with van der Waals surface area (Å²) < 4.78 is 51.1. The lowest BCUT2D eigenvalue weighted by atomic mass is 10.1. The molecule has 1 amide bonds. The Hall–Kier alpha value is -1.70. The van der Waals surface area contributed by atoms with Crippen LogP contribution in [0.1, 0.15) is 25.7 Å². The molecule has 0 spiro atoms. The second-order valence-electron chi connectivity index (χ2n) is 5.62. The van der Waals surface area contributed by atoms with E-state index >= 15 is 0 Å². The predicted molar refractivity (Wildman–Crippen MR) is 83.6 cm³/mol. The van der Waals surface area contributed by atoms with E-state index in [1.54, 1.807) is 4.90 Å². The van der Waals surface area contributed by atoms with Crippen LogP contribution in [0.25, 0.3) is 0 Å². The highest BCUT2D eigenvalue weighted by atomic mass is 32.2. The third kappa shape index (κ3) is 4.63. The van der Waals surface area contributed by atoms with E-state index in [0.29, 0.717) is 13.1 Å². The summed E-state index contributed by atoms with van der Waals surface area (Å²) >= 11 is 0. The van der Waals surface area contributed by atoms with Crippen LogP contribution in [0.5, 0.6) is 0 Å². The maximum Gasteiger partial charge on any atom is 0.232 e. The quantitative estimate of drug-likeness (QED) is 0.821. The van der Waals surface area contributed by atoms with E-state index in [9.17, 15) is 22.0 Å². The summed E-state index contributed by atoms with van der Waals surface area (Å²) in [6, 6.07) is 2.88. The van der Waals surface area contributed by atoms with Gasteiger partial charge in [0.25, 0.3) is 0 Å². The molecule has 0 aromatic heterocycles. The van der Waals surface area contributed by atoms with E-state index in [-0.39, 0.29) is 24.6 Å². The van der Waals surface area contributed by atoms with Crippen LogP contribution in [0.2, 0.25) is 0 Å². The molecule has 0 atom stereocenters. The van der Waals surface area contributed by atoms with Gasteiger partial charge in [0.15, 0.2) is 11.6 Å². The molecule has 1 fully saturated rings. The van der Waals surface area contributed by atoms with E-state index in [2.05, 4.69) is 0 Å². The molecule has 0 unspecified atom stereocenters. The summed E-state index contributed by atoms with van der Waals surface area (Å²) in [5, 5.41) is 0. The molecule has 2 rings (SSSR count). The molecular formula is C15H20F2N2O3S. The van der Waals surface area contributed by atoms with Crippen molar-refractivity contribution in [3.8, 4) is 0 Å². The highest BCUT2D eigenvalue weighted by Gasteiger charge is 2.22. The van der Waals surface area contributed by atoms with Crippen LogP contribution in [-0.2, 0) is 14.8 Å². The molecule has 128 valence electrons. The molecule has 0 radical (unpaired) electrons. The van der Waals surface area contributed by atoms with E-state index in [0.717, 1.165) is 42.0 Å². The lowest BCUT2D eigenvalue weighted by molar-refractivity contribution is -0.131. The summed E-state index contributed by atoms with van der Waals surface area (Å²) in [6.45, 7) is 1.27. The molecule has 1 saturated heterocycles. The molecular weight excluding hydrogens is 326 g/mol. The molecule has 1 aromatic carbocycles. The van der Waals surface area contributed by atoms with Gasteiger partial charge in [0.2, 0.25) is 15.9 Å². The Morgan fingerprint density at radius 1 is 1.17 bits per heavy atom. The van der Waals surface area contributed by atoms with Crippen molar-refractivity contribution in [2.45, 2.75) is 25.7 Å². The monoisotopic (exact) mass is 346 g/mol. The highest BCUT2D eigenvalue weighted by molar-refractivity contribution is 7.92. The van der Waals surface area contributed by atoms with Gasteiger partial charge in [-0.2, -0.15) is 0 Å². The molecule has 0 saturated carbocycles. The van der Waals surface area contributed by atoms with Crippen molar-refractivity contribution in [1.29, 1.82) is 0 Å². The molecule has 1 aliphatic rings. The molecule has 5 nitrogen and oxygen atoms in total. The van der Waals surface area contributed by atoms with Crippen LogP contribution >= 0.6 is 0 Å². The number of piperidine rings is 1. The summed E-state index contributed by atoms with van der Waals surface area (Å²) in [5.41, 5.74) is 0.0119. The highest BCUT2D eigenvalue weighted by Crippen LogP contribution is 2.21. The van der Waals surface area contributed by atoms with E-state index in [1.165, 1.54) is 6.07 Å². The zero-order chi connectivity index (χ0) is 17.0. The van der Waals surface area contributed by atoms with Gasteiger partial charge in [0.05, 0.1) is 11.9 Å². The zero-order valence-corrected chi connectivity index (χ0v) is 13.8. The van der Waals surface area contributed by atoms with Crippen molar-refractivity contribution >= 4 is 21.6 Å². The number of nitrogens with zero attached hydrogens (tertiary/aromatic N) is 2. The minimum Gasteiger partial charge on any atom is -0.343 e.